The number of phosphoric acid groups is 1. The molecule has 0 aromatic rings. The number of carbonyl (C=O) groups excluding carboxylic acids is 2. The van der Waals surface area contributed by atoms with Crippen molar-refractivity contribution in [2.45, 2.75) is 148 Å². The number of hydrogen-bond donors (Lipinski definition) is 2. The van der Waals surface area contributed by atoms with Crippen molar-refractivity contribution in [2.75, 3.05) is 26.4 Å². The summed E-state index contributed by atoms with van der Waals surface area (Å²) in [6.07, 6.45) is 31.8. The van der Waals surface area contributed by atoms with E-state index in [1.807, 2.05) is 18.2 Å². The third kappa shape index (κ3) is 32.0. The van der Waals surface area contributed by atoms with Gasteiger partial charge in [-0.2, -0.15) is 0 Å². The second-order valence-corrected chi connectivity index (χ2v) is 12.9. The van der Waals surface area contributed by atoms with Gasteiger partial charge in [-0.15, -0.1) is 0 Å². The number of rotatable bonds is 32. The number of allylic oxidation sites excluding steroid dienone is 6. The number of carbonyl (C=O) groups is 2. The van der Waals surface area contributed by atoms with Crippen molar-refractivity contribution in [3.63, 3.8) is 0 Å². The summed E-state index contributed by atoms with van der Waals surface area (Å²) in [5.41, 5.74) is 5.31. The van der Waals surface area contributed by atoms with Crippen molar-refractivity contribution in [1.82, 2.24) is 0 Å². The van der Waals surface area contributed by atoms with Crippen LogP contribution in [-0.4, -0.2) is 49.3 Å². The van der Waals surface area contributed by atoms with Crippen LogP contribution in [0, 0.1) is 0 Å². The van der Waals surface area contributed by atoms with Crippen LogP contribution < -0.4 is 5.73 Å². The molecule has 9 nitrogen and oxygen atoms in total. The van der Waals surface area contributed by atoms with Crippen LogP contribution in [0.3, 0.4) is 0 Å². The maximum absolute atomic E-state index is 12.5. The van der Waals surface area contributed by atoms with Crippen LogP contribution in [0.25, 0.3) is 0 Å². The zero-order valence-electron chi connectivity index (χ0n) is 28.3. The third-order valence-electron chi connectivity index (χ3n) is 7.10. The summed E-state index contributed by atoms with van der Waals surface area (Å²) in [5, 5.41) is 0. The summed E-state index contributed by atoms with van der Waals surface area (Å²) < 4.78 is 32.5. The van der Waals surface area contributed by atoms with E-state index in [2.05, 4.69) is 32.1 Å². The van der Waals surface area contributed by atoms with Crippen molar-refractivity contribution in [3.8, 4) is 0 Å². The summed E-state index contributed by atoms with van der Waals surface area (Å²) >= 11 is 0. The zero-order chi connectivity index (χ0) is 33.3. The van der Waals surface area contributed by atoms with Crippen LogP contribution >= 0.6 is 7.82 Å². The first kappa shape index (κ1) is 43.2. The van der Waals surface area contributed by atoms with Crippen LogP contribution in [0.15, 0.2) is 36.5 Å². The average Bonchev–Trinajstić information content (AvgIpc) is 3.02. The molecule has 0 saturated heterocycles. The van der Waals surface area contributed by atoms with Gasteiger partial charge in [0.25, 0.3) is 0 Å². The molecular weight excluding hydrogens is 593 g/mol. The Balaban J connectivity index is 4.31. The van der Waals surface area contributed by atoms with Crippen molar-refractivity contribution < 1.29 is 37.6 Å². The summed E-state index contributed by atoms with van der Waals surface area (Å²) in [5.74, 6) is -0.856. The van der Waals surface area contributed by atoms with Crippen LogP contribution in [0.1, 0.15) is 142 Å². The molecule has 0 fully saturated rings. The molecule has 45 heavy (non-hydrogen) atoms. The Labute approximate surface area is 274 Å². The van der Waals surface area contributed by atoms with Crippen LogP contribution in [0.2, 0.25) is 0 Å². The first-order valence-electron chi connectivity index (χ1n) is 17.5. The molecule has 0 heterocycles. The van der Waals surface area contributed by atoms with Gasteiger partial charge in [0.15, 0.2) is 6.10 Å². The third-order valence-corrected chi connectivity index (χ3v) is 8.09. The van der Waals surface area contributed by atoms with Crippen molar-refractivity contribution >= 4 is 19.8 Å². The Bertz CT molecular complexity index is 846. The standard InChI is InChI=1S/C35H64NO8P/c1-3-5-7-9-11-13-15-16-18-20-22-24-26-28-35(38)44-33(32-43-45(39,40)42-30-29-36)31-41-34(37)27-25-23-21-19-17-14-12-10-8-6-4-2/h5,7,9,11,13,15,33H,3-4,6,8,10,12,14,16-32,36H2,1-2H3,(H,39,40)/b7-5+,11-9+,15-13+. The Morgan fingerprint density at radius 2 is 1.22 bits per heavy atom. The molecule has 10 heteroatoms. The smallest absolute Gasteiger partial charge is 0.462 e. The van der Waals surface area contributed by atoms with E-state index in [4.69, 9.17) is 24.3 Å². The first-order valence-corrected chi connectivity index (χ1v) is 19.0. The van der Waals surface area contributed by atoms with Gasteiger partial charge >= 0.3 is 19.8 Å². The predicted molar refractivity (Wildman–Crippen MR) is 183 cm³/mol. The maximum Gasteiger partial charge on any atom is 0.472 e. The molecule has 0 rings (SSSR count). The number of hydrogen-bond acceptors (Lipinski definition) is 8. The summed E-state index contributed by atoms with van der Waals surface area (Å²) in [4.78, 5) is 34.6. The van der Waals surface area contributed by atoms with Gasteiger partial charge in [0.2, 0.25) is 0 Å². The lowest BCUT2D eigenvalue weighted by molar-refractivity contribution is -0.161. The lowest BCUT2D eigenvalue weighted by atomic mass is 10.1. The predicted octanol–water partition coefficient (Wildman–Crippen LogP) is 9.04. The number of nitrogens with two attached hydrogens (primary N) is 1. The molecule has 0 aliphatic heterocycles. The molecule has 2 unspecified atom stereocenters. The number of phosphoric ester groups is 1. The molecule has 0 saturated carbocycles. The Morgan fingerprint density at radius 3 is 1.80 bits per heavy atom. The van der Waals surface area contributed by atoms with Gasteiger partial charge in [-0.1, -0.05) is 134 Å². The fourth-order valence-electron chi connectivity index (χ4n) is 4.51. The van der Waals surface area contributed by atoms with Gasteiger partial charge in [0.05, 0.1) is 13.2 Å². The molecule has 0 aliphatic carbocycles. The Morgan fingerprint density at radius 1 is 0.689 bits per heavy atom. The molecule has 0 radical (unpaired) electrons. The van der Waals surface area contributed by atoms with Crippen LogP contribution in [0.5, 0.6) is 0 Å². The van der Waals surface area contributed by atoms with Gasteiger partial charge in [0.1, 0.15) is 6.61 Å². The molecule has 0 aromatic carbocycles. The summed E-state index contributed by atoms with van der Waals surface area (Å²) in [7, 11) is -4.37. The quantitative estimate of drug-likeness (QED) is 0.0314. The van der Waals surface area contributed by atoms with Gasteiger partial charge < -0.3 is 20.1 Å². The van der Waals surface area contributed by atoms with Crippen molar-refractivity contribution in [2.24, 2.45) is 5.73 Å². The largest absolute Gasteiger partial charge is 0.472 e. The van der Waals surface area contributed by atoms with E-state index in [-0.39, 0.29) is 32.6 Å². The minimum absolute atomic E-state index is 0.0496. The molecule has 0 spiro atoms. The monoisotopic (exact) mass is 657 g/mol. The van der Waals surface area contributed by atoms with Gasteiger partial charge in [-0.3, -0.25) is 18.6 Å². The van der Waals surface area contributed by atoms with E-state index in [0.717, 1.165) is 57.8 Å². The topological polar surface area (TPSA) is 134 Å². The van der Waals surface area contributed by atoms with Crippen LogP contribution in [0.4, 0.5) is 0 Å². The average molecular weight is 658 g/mol. The number of ether oxygens (including phenoxy) is 2. The maximum atomic E-state index is 12.5. The minimum atomic E-state index is -4.37. The van der Waals surface area contributed by atoms with E-state index in [9.17, 15) is 19.0 Å². The fraction of sp³-hybridized carbons (Fsp3) is 0.771. The van der Waals surface area contributed by atoms with Crippen molar-refractivity contribution in [3.05, 3.63) is 36.5 Å². The molecule has 0 aromatic heterocycles. The first-order chi connectivity index (χ1) is 21.8. The molecule has 2 atom stereocenters. The minimum Gasteiger partial charge on any atom is -0.462 e. The second-order valence-electron chi connectivity index (χ2n) is 11.4. The van der Waals surface area contributed by atoms with Gasteiger partial charge in [0, 0.05) is 19.4 Å². The van der Waals surface area contributed by atoms with Gasteiger partial charge in [-0.05, 0) is 32.1 Å². The van der Waals surface area contributed by atoms with E-state index >= 15 is 0 Å². The highest BCUT2D eigenvalue weighted by Gasteiger charge is 2.25. The van der Waals surface area contributed by atoms with Crippen molar-refractivity contribution in [1.29, 1.82) is 0 Å². The molecule has 3 N–H and O–H groups in total. The van der Waals surface area contributed by atoms with E-state index in [0.29, 0.717) is 6.42 Å². The Kier molecular flexibility index (Phi) is 30.9. The zero-order valence-corrected chi connectivity index (χ0v) is 29.2. The highest BCUT2D eigenvalue weighted by Crippen LogP contribution is 2.43. The lowest BCUT2D eigenvalue weighted by Crippen LogP contribution is -2.29. The molecule has 262 valence electrons. The van der Waals surface area contributed by atoms with E-state index in [1.165, 1.54) is 51.4 Å². The van der Waals surface area contributed by atoms with E-state index < -0.39 is 32.5 Å². The summed E-state index contributed by atoms with van der Waals surface area (Å²) in [6, 6.07) is 0. The summed E-state index contributed by atoms with van der Waals surface area (Å²) in [6.45, 7) is 3.54. The second kappa shape index (κ2) is 32.2. The lowest BCUT2D eigenvalue weighted by Gasteiger charge is -2.19. The number of esters is 2. The molecule has 0 bridgehead atoms. The molecule has 0 amide bonds. The van der Waals surface area contributed by atoms with Crippen LogP contribution in [-0.2, 0) is 32.7 Å². The highest BCUT2D eigenvalue weighted by molar-refractivity contribution is 7.47. The fourth-order valence-corrected chi connectivity index (χ4v) is 5.28. The molecular formula is C35H64NO8P. The SMILES string of the molecule is CC/C=C/C=C/C=C/CCCCCCCC(=O)OC(COC(=O)CCCCCCCCCCCCC)COP(=O)(O)OCCN. The van der Waals surface area contributed by atoms with Gasteiger partial charge in [-0.25, -0.2) is 4.57 Å². The Hall–Kier alpha value is -1.77. The number of unbranched alkanes of at least 4 members (excludes halogenated alkanes) is 15. The highest BCUT2D eigenvalue weighted by atomic mass is 31.2. The molecule has 0 aliphatic rings. The normalized spacial score (nSPS) is 14.0. The van der Waals surface area contributed by atoms with E-state index in [1.54, 1.807) is 0 Å².